The molecule has 0 unspecified atom stereocenters. The third-order valence-corrected chi connectivity index (χ3v) is 2.50. The Kier molecular flexibility index (Phi) is 4.29. The number of nitrogens with two attached hydrogens (primary N) is 1. The Balaban J connectivity index is 2.18. The second-order valence-electron chi connectivity index (χ2n) is 4.39. The van der Waals surface area contributed by atoms with Crippen LogP contribution in [0.25, 0.3) is 0 Å². The van der Waals surface area contributed by atoms with Gasteiger partial charge in [-0.25, -0.2) is 0 Å². The van der Waals surface area contributed by atoms with Gasteiger partial charge in [-0.1, -0.05) is 19.9 Å². The maximum Gasteiger partial charge on any atom is 0.0187 e. The van der Waals surface area contributed by atoms with Crippen LogP contribution in [-0.4, -0.2) is 24.0 Å². The highest BCUT2D eigenvalue weighted by Crippen LogP contribution is 2.09. The third kappa shape index (κ3) is 4.32. The molecule has 0 bridgehead atoms. The van der Waals surface area contributed by atoms with Gasteiger partial charge < -0.3 is 10.6 Å². The van der Waals surface area contributed by atoms with E-state index in [1.165, 1.54) is 6.42 Å². The van der Waals surface area contributed by atoms with E-state index in [-0.39, 0.29) is 0 Å². The zero-order valence-corrected chi connectivity index (χ0v) is 8.87. The summed E-state index contributed by atoms with van der Waals surface area (Å²) in [7, 11) is 0. The molecule has 0 aliphatic carbocycles. The van der Waals surface area contributed by atoms with E-state index in [0.29, 0.717) is 6.04 Å². The lowest BCUT2D eigenvalue weighted by Crippen LogP contribution is -2.36. The molecule has 1 heterocycles. The van der Waals surface area contributed by atoms with Gasteiger partial charge in [-0.05, 0) is 31.4 Å². The van der Waals surface area contributed by atoms with E-state index in [1.807, 2.05) is 0 Å². The minimum Gasteiger partial charge on any atom is -0.378 e. The lowest BCUT2D eigenvalue weighted by atomic mass is 10.1. The molecule has 2 N–H and O–H groups in total. The second kappa shape index (κ2) is 5.28. The zero-order chi connectivity index (χ0) is 9.68. The largest absolute Gasteiger partial charge is 0.378 e. The lowest BCUT2D eigenvalue weighted by molar-refractivity contribution is 0.284. The first kappa shape index (κ1) is 10.6. The highest BCUT2D eigenvalue weighted by atomic mass is 15.1. The molecule has 0 amide bonds. The SMILES string of the molecule is CC(C)CC=CN1CCC(N)CC1. The molecule has 0 spiro atoms. The molecule has 0 aromatic rings. The molecule has 13 heavy (non-hydrogen) atoms. The van der Waals surface area contributed by atoms with Crippen LogP contribution in [-0.2, 0) is 0 Å². The smallest absolute Gasteiger partial charge is 0.0187 e. The predicted molar refractivity (Wildman–Crippen MR) is 57.4 cm³/mol. The summed E-state index contributed by atoms with van der Waals surface area (Å²) >= 11 is 0. The number of rotatable bonds is 3. The molecule has 76 valence electrons. The molecular formula is C11H22N2. The lowest BCUT2D eigenvalue weighted by Gasteiger charge is -2.28. The number of allylic oxidation sites excluding steroid dienone is 1. The minimum atomic E-state index is 0.440. The van der Waals surface area contributed by atoms with Crippen molar-refractivity contribution < 1.29 is 0 Å². The Labute approximate surface area is 81.8 Å². The van der Waals surface area contributed by atoms with Crippen LogP contribution in [0, 0.1) is 5.92 Å². The van der Waals surface area contributed by atoms with Crippen molar-refractivity contribution in [2.45, 2.75) is 39.2 Å². The molecule has 0 saturated carbocycles. The van der Waals surface area contributed by atoms with Crippen molar-refractivity contribution in [3.8, 4) is 0 Å². The van der Waals surface area contributed by atoms with Crippen LogP contribution < -0.4 is 5.73 Å². The number of hydrogen-bond acceptors (Lipinski definition) is 2. The molecule has 0 aromatic carbocycles. The van der Waals surface area contributed by atoms with Crippen molar-refractivity contribution in [2.75, 3.05) is 13.1 Å². The fourth-order valence-corrected chi connectivity index (χ4v) is 1.55. The van der Waals surface area contributed by atoms with Crippen LogP contribution in [0.4, 0.5) is 0 Å². The molecule has 1 rings (SSSR count). The molecule has 0 radical (unpaired) electrons. The summed E-state index contributed by atoms with van der Waals surface area (Å²) in [6.07, 6.45) is 7.99. The maximum atomic E-state index is 5.82. The highest BCUT2D eigenvalue weighted by molar-refractivity contribution is 4.86. The summed E-state index contributed by atoms with van der Waals surface area (Å²) in [6, 6.07) is 0.440. The normalized spacial score (nSPS) is 20.5. The van der Waals surface area contributed by atoms with E-state index < -0.39 is 0 Å². The highest BCUT2D eigenvalue weighted by Gasteiger charge is 2.12. The van der Waals surface area contributed by atoms with Gasteiger partial charge in [0.2, 0.25) is 0 Å². The monoisotopic (exact) mass is 182 g/mol. The van der Waals surface area contributed by atoms with Gasteiger partial charge in [0.25, 0.3) is 0 Å². The average Bonchev–Trinajstić information content (AvgIpc) is 2.08. The van der Waals surface area contributed by atoms with Crippen LogP contribution in [0.2, 0.25) is 0 Å². The Morgan fingerprint density at radius 1 is 1.38 bits per heavy atom. The Hall–Kier alpha value is -0.500. The third-order valence-electron chi connectivity index (χ3n) is 2.50. The molecular weight excluding hydrogens is 160 g/mol. The average molecular weight is 182 g/mol. The standard InChI is InChI=1S/C11H22N2/c1-10(2)4-3-7-13-8-5-11(12)6-9-13/h3,7,10-11H,4-6,8-9,12H2,1-2H3. The number of piperidine rings is 1. The van der Waals surface area contributed by atoms with Gasteiger partial charge >= 0.3 is 0 Å². The number of likely N-dealkylation sites (tertiary alicyclic amines) is 1. The number of hydrogen-bond donors (Lipinski definition) is 1. The van der Waals surface area contributed by atoms with Gasteiger partial charge in [-0.2, -0.15) is 0 Å². The Morgan fingerprint density at radius 3 is 2.54 bits per heavy atom. The first-order valence-electron chi connectivity index (χ1n) is 5.35. The molecule has 0 aromatic heterocycles. The summed E-state index contributed by atoms with van der Waals surface area (Å²) in [5.74, 6) is 0.767. The molecule has 1 saturated heterocycles. The zero-order valence-electron chi connectivity index (χ0n) is 8.87. The summed E-state index contributed by atoms with van der Waals surface area (Å²) in [6.45, 7) is 6.76. The van der Waals surface area contributed by atoms with Crippen molar-refractivity contribution >= 4 is 0 Å². The van der Waals surface area contributed by atoms with Crippen LogP contribution in [0.1, 0.15) is 33.1 Å². The van der Waals surface area contributed by atoms with E-state index >= 15 is 0 Å². The molecule has 1 aliphatic heterocycles. The maximum absolute atomic E-state index is 5.82. The van der Waals surface area contributed by atoms with Gasteiger partial charge in [0.1, 0.15) is 0 Å². The summed E-state index contributed by atoms with van der Waals surface area (Å²) in [5.41, 5.74) is 5.82. The molecule has 2 heteroatoms. The van der Waals surface area contributed by atoms with Crippen LogP contribution in [0.5, 0.6) is 0 Å². The Bertz CT molecular complexity index is 155. The molecule has 1 aliphatic rings. The first-order valence-corrected chi connectivity index (χ1v) is 5.35. The van der Waals surface area contributed by atoms with Gasteiger partial charge in [0.15, 0.2) is 0 Å². The topological polar surface area (TPSA) is 29.3 Å². The van der Waals surface area contributed by atoms with E-state index in [2.05, 4.69) is 31.0 Å². The van der Waals surface area contributed by atoms with Crippen molar-refractivity contribution in [1.29, 1.82) is 0 Å². The van der Waals surface area contributed by atoms with Crippen molar-refractivity contribution in [3.63, 3.8) is 0 Å². The summed E-state index contributed by atoms with van der Waals surface area (Å²) in [5, 5.41) is 0. The van der Waals surface area contributed by atoms with Gasteiger partial charge in [-0.3, -0.25) is 0 Å². The van der Waals surface area contributed by atoms with Crippen LogP contribution in [0.3, 0.4) is 0 Å². The quantitative estimate of drug-likeness (QED) is 0.723. The van der Waals surface area contributed by atoms with E-state index in [9.17, 15) is 0 Å². The second-order valence-corrected chi connectivity index (χ2v) is 4.39. The molecule has 2 nitrogen and oxygen atoms in total. The van der Waals surface area contributed by atoms with Crippen LogP contribution in [0.15, 0.2) is 12.3 Å². The molecule has 0 atom stereocenters. The predicted octanol–water partition coefficient (Wildman–Crippen LogP) is 1.97. The van der Waals surface area contributed by atoms with Crippen LogP contribution >= 0.6 is 0 Å². The van der Waals surface area contributed by atoms with E-state index in [1.54, 1.807) is 0 Å². The summed E-state index contributed by atoms with van der Waals surface area (Å²) < 4.78 is 0. The fourth-order valence-electron chi connectivity index (χ4n) is 1.55. The van der Waals surface area contributed by atoms with E-state index in [0.717, 1.165) is 31.8 Å². The Morgan fingerprint density at radius 2 is 2.00 bits per heavy atom. The van der Waals surface area contributed by atoms with Crippen molar-refractivity contribution in [2.24, 2.45) is 11.7 Å². The van der Waals surface area contributed by atoms with Gasteiger partial charge in [-0.15, -0.1) is 0 Å². The number of nitrogens with zero attached hydrogens (tertiary/aromatic N) is 1. The van der Waals surface area contributed by atoms with E-state index in [4.69, 9.17) is 5.73 Å². The molecule has 1 fully saturated rings. The van der Waals surface area contributed by atoms with Crippen molar-refractivity contribution in [1.82, 2.24) is 4.90 Å². The van der Waals surface area contributed by atoms with Gasteiger partial charge in [0, 0.05) is 19.1 Å². The fraction of sp³-hybridized carbons (Fsp3) is 0.818. The van der Waals surface area contributed by atoms with Crippen molar-refractivity contribution in [3.05, 3.63) is 12.3 Å². The minimum absolute atomic E-state index is 0.440. The van der Waals surface area contributed by atoms with Gasteiger partial charge in [0.05, 0.1) is 0 Å². The first-order chi connectivity index (χ1) is 6.18. The summed E-state index contributed by atoms with van der Waals surface area (Å²) in [4.78, 5) is 2.38.